The topological polar surface area (TPSA) is 29.5 Å². The van der Waals surface area contributed by atoms with Crippen LogP contribution in [0.4, 0.5) is 8.78 Å². The number of amides is 1. The zero-order valence-electron chi connectivity index (χ0n) is 13.5. The summed E-state index contributed by atoms with van der Waals surface area (Å²) in [6.45, 7) is 0.597. The Morgan fingerprint density at radius 2 is 1.96 bits per heavy atom. The molecule has 0 aliphatic carbocycles. The van der Waals surface area contributed by atoms with E-state index in [1.807, 2.05) is 24.3 Å². The van der Waals surface area contributed by atoms with E-state index in [0.717, 1.165) is 42.7 Å². The molecule has 1 fully saturated rings. The summed E-state index contributed by atoms with van der Waals surface area (Å²) >= 11 is 0. The Kier molecular flexibility index (Phi) is 4.79. The van der Waals surface area contributed by atoms with E-state index in [1.54, 1.807) is 12.0 Å². The standard InChI is InChI=1S/C19H19F2NO2/c1-24-15-6-4-5-13(11-15)18-7-2-3-10-22(18)19(23)14-8-9-16(20)17(21)12-14/h4-6,8-9,11-12,18H,2-3,7,10H2,1H3. The Morgan fingerprint density at radius 1 is 1.12 bits per heavy atom. The summed E-state index contributed by atoms with van der Waals surface area (Å²) in [5.74, 6) is -1.50. The number of ether oxygens (including phenoxy) is 1. The van der Waals surface area contributed by atoms with Crippen LogP contribution >= 0.6 is 0 Å². The molecule has 2 aromatic rings. The van der Waals surface area contributed by atoms with Gasteiger partial charge in [-0.2, -0.15) is 0 Å². The van der Waals surface area contributed by atoms with Crippen molar-refractivity contribution in [2.45, 2.75) is 25.3 Å². The molecule has 1 unspecified atom stereocenters. The number of rotatable bonds is 3. The Balaban J connectivity index is 1.91. The Labute approximate surface area is 139 Å². The molecule has 1 amide bonds. The van der Waals surface area contributed by atoms with Gasteiger partial charge in [-0.05, 0) is 55.2 Å². The summed E-state index contributed by atoms with van der Waals surface area (Å²) in [4.78, 5) is 14.5. The lowest BCUT2D eigenvalue weighted by molar-refractivity contribution is 0.0610. The lowest BCUT2D eigenvalue weighted by Gasteiger charge is -2.36. The highest BCUT2D eigenvalue weighted by atomic mass is 19.2. The van der Waals surface area contributed by atoms with Gasteiger partial charge in [0, 0.05) is 12.1 Å². The van der Waals surface area contributed by atoms with Crippen molar-refractivity contribution in [2.24, 2.45) is 0 Å². The number of benzene rings is 2. The number of hydrogen-bond acceptors (Lipinski definition) is 2. The van der Waals surface area contributed by atoms with E-state index in [1.165, 1.54) is 6.07 Å². The van der Waals surface area contributed by atoms with Gasteiger partial charge in [0.25, 0.3) is 5.91 Å². The van der Waals surface area contributed by atoms with Gasteiger partial charge in [-0.1, -0.05) is 12.1 Å². The molecule has 0 spiro atoms. The second-order valence-corrected chi connectivity index (χ2v) is 5.92. The quantitative estimate of drug-likeness (QED) is 0.837. The van der Waals surface area contributed by atoms with Crippen LogP contribution in [0.2, 0.25) is 0 Å². The third-order valence-electron chi connectivity index (χ3n) is 4.41. The summed E-state index contributed by atoms with van der Waals surface area (Å²) in [6.07, 6.45) is 2.75. The smallest absolute Gasteiger partial charge is 0.254 e. The fourth-order valence-electron chi connectivity index (χ4n) is 3.16. The number of nitrogens with zero attached hydrogens (tertiary/aromatic N) is 1. The summed E-state index contributed by atoms with van der Waals surface area (Å²) < 4.78 is 31.8. The molecule has 5 heteroatoms. The second-order valence-electron chi connectivity index (χ2n) is 5.92. The Hall–Kier alpha value is -2.43. The largest absolute Gasteiger partial charge is 0.497 e. The Bertz CT molecular complexity index is 748. The number of hydrogen-bond donors (Lipinski definition) is 0. The highest BCUT2D eigenvalue weighted by Crippen LogP contribution is 2.33. The number of methoxy groups -OCH3 is 1. The maximum Gasteiger partial charge on any atom is 0.254 e. The van der Waals surface area contributed by atoms with E-state index >= 15 is 0 Å². The van der Waals surface area contributed by atoms with E-state index in [2.05, 4.69) is 0 Å². The van der Waals surface area contributed by atoms with Gasteiger partial charge in [0.15, 0.2) is 11.6 Å². The predicted octanol–water partition coefficient (Wildman–Crippen LogP) is 4.34. The van der Waals surface area contributed by atoms with Gasteiger partial charge in [-0.15, -0.1) is 0 Å². The molecule has 3 rings (SSSR count). The van der Waals surface area contributed by atoms with Crippen LogP contribution in [0, 0.1) is 11.6 Å². The SMILES string of the molecule is COc1cccc(C2CCCCN2C(=O)c2ccc(F)c(F)c2)c1. The second kappa shape index (κ2) is 6.99. The maximum absolute atomic E-state index is 13.5. The first-order valence-corrected chi connectivity index (χ1v) is 8.00. The van der Waals surface area contributed by atoms with Crippen molar-refractivity contribution >= 4 is 5.91 Å². The zero-order valence-corrected chi connectivity index (χ0v) is 13.5. The summed E-state index contributed by atoms with van der Waals surface area (Å²) in [7, 11) is 1.60. The normalized spacial score (nSPS) is 17.6. The maximum atomic E-state index is 13.5. The van der Waals surface area contributed by atoms with E-state index in [0.29, 0.717) is 6.54 Å². The van der Waals surface area contributed by atoms with Gasteiger partial charge < -0.3 is 9.64 Å². The minimum Gasteiger partial charge on any atom is -0.497 e. The fraction of sp³-hybridized carbons (Fsp3) is 0.316. The average Bonchev–Trinajstić information content (AvgIpc) is 2.63. The summed E-state index contributed by atoms with van der Waals surface area (Å²) in [5.41, 5.74) is 1.16. The minimum atomic E-state index is -1.00. The lowest BCUT2D eigenvalue weighted by atomic mass is 9.94. The zero-order chi connectivity index (χ0) is 17.1. The van der Waals surface area contributed by atoms with Gasteiger partial charge in [0.1, 0.15) is 5.75 Å². The predicted molar refractivity (Wildman–Crippen MR) is 87.0 cm³/mol. The first-order chi connectivity index (χ1) is 11.6. The molecule has 1 aliphatic rings. The Morgan fingerprint density at radius 3 is 2.71 bits per heavy atom. The van der Waals surface area contributed by atoms with Crippen molar-refractivity contribution in [2.75, 3.05) is 13.7 Å². The van der Waals surface area contributed by atoms with E-state index in [9.17, 15) is 13.6 Å². The van der Waals surface area contributed by atoms with Crippen molar-refractivity contribution in [3.8, 4) is 5.75 Å². The van der Waals surface area contributed by atoms with Crippen molar-refractivity contribution in [3.63, 3.8) is 0 Å². The van der Waals surface area contributed by atoms with Gasteiger partial charge >= 0.3 is 0 Å². The van der Waals surface area contributed by atoms with Crippen molar-refractivity contribution in [1.29, 1.82) is 0 Å². The molecule has 0 aromatic heterocycles. The molecule has 1 heterocycles. The third kappa shape index (κ3) is 3.25. The minimum absolute atomic E-state index is 0.0885. The molecule has 126 valence electrons. The monoisotopic (exact) mass is 331 g/mol. The molecule has 1 saturated heterocycles. The summed E-state index contributed by atoms with van der Waals surface area (Å²) in [5, 5.41) is 0. The van der Waals surface area contributed by atoms with Crippen LogP contribution < -0.4 is 4.74 Å². The van der Waals surface area contributed by atoms with Crippen LogP contribution in [0.5, 0.6) is 5.75 Å². The highest BCUT2D eigenvalue weighted by molar-refractivity contribution is 5.94. The molecule has 0 saturated carbocycles. The molecular weight excluding hydrogens is 312 g/mol. The number of halogens is 2. The molecule has 0 bridgehead atoms. The molecule has 0 N–H and O–H groups in total. The van der Waals surface area contributed by atoms with Gasteiger partial charge in [0.05, 0.1) is 13.2 Å². The van der Waals surface area contributed by atoms with E-state index in [4.69, 9.17) is 4.74 Å². The molecule has 24 heavy (non-hydrogen) atoms. The molecule has 0 radical (unpaired) electrons. The highest BCUT2D eigenvalue weighted by Gasteiger charge is 2.29. The molecular formula is C19H19F2NO2. The van der Waals surface area contributed by atoms with Crippen molar-refractivity contribution < 1.29 is 18.3 Å². The fourth-order valence-corrected chi connectivity index (χ4v) is 3.16. The first-order valence-electron chi connectivity index (χ1n) is 8.00. The first kappa shape index (κ1) is 16.4. The molecule has 3 nitrogen and oxygen atoms in total. The molecule has 1 atom stereocenters. The molecule has 1 aliphatic heterocycles. The number of piperidine rings is 1. The number of likely N-dealkylation sites (tertiary alicyclic amines) is 1. The summed E-state index contributed by atoms with van der Waals surface area (Å²) in [6, 6.07) is 10.8. The van der Waals surface area contributed by atoms with Gasteiger partial charge in [-0.25, -0.2) is 8.78 Å². The third-order valence-corrected chi connectivity index (χ3v) is 4.41. The lowest BCUT2D eigenvalue weighted by Crippen LogP contribution is -2.38. The van der Waals surface area contributed by atoms with Gasteiger partial charge in [-0.3, -0.25) is 4.79 Å². The van der Waals surface area contributed by atoms with Crippen molar-refractivity contribution in [1.82, 2.24) is 4.90 Å². The van der Waals surface area contributed by atoms with Crippen LogP contribution in [0.15, 0.2) is 42.5 Å². The van der Waals surface area contributed by atoms with E-state index in [-0.39, 0.29) is 17.5 Å². The van der Waals surface area contributed by atoms with Gasteiger partial charge in [0.2, 0.25) is 0 Å². The van der Waals surface area contributed by atoms with Crippen molar-refractivity contribution in [3.05, 3.63) is 65.2 Å². The van der Waals surface area contributed by atoms with Crippen LogP contribution in [0.25, 0.3) is 0 Å². The van der Waals surface area contributed by atoms with Crippen LogP contribution in [-0.4, -0.2) is 24.5 Å². The number of carbonyl (C=O) groups excluding carboxylic acids is 1. The van der Waals surface area contributed by atoms with Crippen LogP contribution in [0.1, 0.15) is 41.2 Å². The van der Waals surface area contributed by atoms with E-state index < -0.39 is 11.6 Å². The number of carbonyl (C=O) groups is 1. The van der Waals surface area contributed by atoms with Crippen LogP contribution in [-0.2, 0) is 0 Å². The molecule has 2 aromatic carbocycles. The average molecular weight is 331 g/mol. The van der Waals surface area contributed by atoms with Crippen LogP contribution in [0.3, 0.4) is 0 Å².